The molecule has 1 saturated heterocycles. The minimum absolute atomic E-state index is 0.115. The van der Waals surface area contributed by atoms with Gasteiger partial charge in [-0.15, -0.1) is 0 Å². The fourth-order valence-corrected chi connectivity index (χ4v) is 2.88. The summed E-state index contributed by atoms with van der Waals surface area (Å²) in [5.41, 5.74) is -0.309. The fraction of sp³-hybridized carbons (Fsp3) is 0.533. The number of hydrogen-bond acceptors (Lipinski definition) is 4. The summed E-state index contributed by atoms with van der Waals surface area (Å²) >= 11 is 0. The van der Waals surface area contributed by atoms with Crippen molar-refractivity contribution in [3.63, 3.8) is 0 Å². The van der Waals surface area contributed by atoms with Gasteiger partial charge >= 0.3 is 6.18 Å². The lowest BCUT2D eigenvalue weighted by molar-refractivity contribution is -0.141. The van der Waals surface area contributed by atoms with E-state index in [-0.39, 0.29) is 24.1 Å². The number of imidazole rings is 1. The van der Waals surface area contributed by atoms with Gasteiger partial charge in [-0.05, 0) is 19.8 Å². The van der Waals surface area contributed by atoms with Crippen LogP contribution in [-0.2, 0) is 17.4 Å². The summed E-state index contributed by atoms with van der Waals surface area (Å²) in [7, 11) is 0. The Labute approximate surface area is 136 Å². The summed E-state index contributed by atoms with van der Waals surface area (Å²) in [5, 5.41) is 3.79. The first-order valence-corrected chi connectivity index (χ1v) is 7.65. The van der Waals surface area contributed by atoms with Crippen molar-refractivity contribution in [3.8, 4) is 0 Å². The van der Waals surface area contributed by atoms with Gasteiger partial charge in [-0.3, -0.25) is 4.79 Å². The lowest BCUT2D eigenvalue weighted by Crippen LogP contribution is -2.40. The van der Waals surface area contributed by atoms with Gasteiger partial charge in [0, 0.05) is 25.1 Å². The smallest absolute Gasteiger partial charge is 0.361 e. The van der Waals surface area contributed by atoms with Crippen molar-refractivity contribution < 1.29 is 22.5 Å². The molecule has 0 spiro atoms. The molecule has 0 aromatic carbocycles. The van der Waals surface area contributed by atoms with E-state index in [0.717, 1.165) is 12.6 Å². The number of amides is 1. The molecule has 24 heavy (non-hydrogen) atoms. The predicted molar refractivity (Wildman–Crippen MR) is 77.1 cm³/mol. The van der Waals surface area contributed by atoms with Crippen LogP contribution in [0.5, 0.6) is 0 Å². The standard InChI is InChI=1S/C15H17F3N4O2/c1-9-5-11(21-24-9)6-13(23)22-4-2-3-10(8-22)14-19-7-12(20-14)15(16,17)18/h5,7,10H,2-4,6,8H2,1H3,(H,19,20)/t10-/m0/s1. The van der Waals surface area contributed by atoms with E-state index in [1.54, 1.807) is 17.9 Å². The average Bonchev–Trinajstić information content (AvgIpc) is 3.16. The lowest BCUT2D eigenvalue weighted by atomic mass is 9.97. The first-order chi connectivity index (χ1) is 11.3. The van der Waals surface area contributed by atoms with Crippen LogP contribution in [0.3, 0.4) is 0 Å². The molecule has 130 valence electrons. The molecule has 0 aliphatic carbocycles. The normalized spacial score (nSPS) is 18.8. The summed E-state index contributed by atoms with van der Waals surface area (Å²) in [6, 6.07) is 1.70. The predicted octanol–water partition coefficient (Wildman–Crippen LogP) is 2.67. The van der Waals surface area contributed by atoms with Crippen LogP contribution in [0.4, 0.5) is 13.2 Å². The molecule has 0 radical (unpaired) electrons. The van der Waals surface area contributed by atoms with E-state index >= 15 is 0 Å². The molecule has 1 atom stereocenters. The number of nitrogens with zero attached hydrogens (tertiary/aromatic N) is 3. The number of H-pyrrole nitrogens is 1. The average molecular weight is 342 g/mol. The number of likely N-dealkylation sites (tertiary alicyclic amines) is 1. The lowest BCUT2D eigenvalue weighted by Gasteiger charge is -2.31. The van der Waals surface area contributed by atoms with Crippen molar-refractivity contribution in [3.05, 3.63) is 35.2 Å². The number of aromatic nitrogens is 3. The molecule has 2 aromatic rings. The number of aromatic amines is 1. The second kappa shape index (κ2) is 6.29. The minimum atomic E-state index is -4.44. The highest BCUT2D eigenvalue weighted by Gasteiger charge is 2.34. The number of carbonyl (C=O) groups excluding carboxylic acids is 1. The fourth-order valence-electron chi connectivity index (χ4n) is 2.88. The molecular weight excluding hydrogens is 325 g/mol. The third kappa shape index (κ3) is 3.60. The minimum Gasteiger partial charge on any atom is -0.361 e. The number of carbonyl (C=O) groups is 1. The monoisotopic (exact) mass is 342 g/mol. The molecule has 1 N–H and O–H groups in total. The topological polar surface area (TPSA) is 75.0 Å². The Hall–Kier alpha value is -2.32. The number of rotatable bonds is 3. The maximum absolute atomic E-state index is 12.7. The summed E-state index contributed by atoms with van der Waals surface area (Å²) in [6.45, 7) is 2.67. The molecular formula is C15H17F3N4O2. The van der Waals surface area contributed by atoms with Crippen LogP contribution in [0.25, 0.3) is 0 Å². The van der Waals surface area contributed by atoms with Gasteiger partial charge in [0.25, 0.3) is 0 Å². The van der Waals surface area contributed by atoms with Crippen molar-refractivity contribution in [1.29, 1.82) is 0 Å². The van der Waals surface area contributed by atoms with Gasteiger partial charge in [-0.2, -0.15) is 13.2 Å². The van der Waals surface area contributed by atoms with Crippen LogP contribution in [0.15, 0.2) is 16.8 Å². The van der Waals surface area contributed by atoms with Crippen LogP contribution < -0.4 is 0 Å². The van der Waals surface area contributed by atoms with E-state index in [0.29, 0.717) is 31.0 Å². The highest BCUT2D eigenvalue weighted by atomic mass is 19.4. The molecule has 1 aliphatic rings. The number of hydrogen-bond donors (Lipinski definition) is 1. The van der Waals surface area contributed by atoms with E-state index in [9.17, 15) is 18.0 Å². The maximum atomic E-state index is 12.7. The van der Waals surface area contributed by atoms with Gasteiger partial charge in [-0.1, -0.05) is 5.16 Å². The number of alkyl halides is 3. The molecule has 9 heteroatoms. The number of halogens is 3. The molecule has 1 amide bonds. The highest BCUT2D eigenvalue weighted by Crippen LogP contribution is 2.31. The van der Waals surface area contributed by atoms with Crippen LogP contribution in [0.1, 0.15) is 41.7 Å². The Kier molecular flexibility index (Phi) is 4.33. The molecule has 1 fully saturated rings. The molecule has 6 nitrogen and oxygen atoms in total. The quantitative estimate of drug-likeness (QED) is 0.930. The van der Waals surface area contributed by atoms with Gasteiger partial charge in [0.1, 0.15) is 17.3 Å². The summed E-state index contributed by atoms with van der Waals surface area (Å²) in [5.74, 6) is 0.565. The largest absolute Gasteiger partial charge is 0.432 e. The van der Waals surface area contributed by atoms with Crippen molar-refractivity contribution in [1.82, 2.24) is 20.0 Å². The van der Waals surface area contributed by atoms with Gasteiger partial charge in [0.05, 0.1) is 18.3 Å². The first kappa shape index (κ1) is 16.5. The summed E-state index contributed by atoms with van der Waals surface area (Å²) in [4.78, 5) is 20.2. The van der Waals surface area contributed by atoms with Crippen LogP contribution in [0, 0.1) is 6.92 Å². The van der Waals surface area contributed by atoms with E-state index in [2.05, 4.69) is 15.1 Å². The third-order valence-electron chi connectivity index (χ3n) is 4.07. The highest BCUT2D eigenvalue weighted by molar-refractivity contribution is 5.78. The van der Waals surface area contributed by atoms with Crippen molar-refractivity contribution in [2.24, 2.45) is 0 Å². The number of piperidine rings is 1. The van der Waals surface area contributed by atoms with Crippen LogP contribution in [-0.4, -0.2) is 39.0 Å². The van der Waals surface area contributed by atoms with Gasteiger partial charge in [0.15, 0.2) is 0 Å². The Morgan fingerprint density at radius 2 is 2.29 bits per heavy atom. The zero-order valence-electron chi connectivity index (χ0n) is 13.1. The van der Waals surface area contributed by atoms with E-state index in [1.165, 1.54) is 0 Å². The van der Waals surface area contributed by atoms with Gasteiger partial charge in [-0.25, -0.2) is 4.98 Å². The maximum Gasteiger partial charge on any atom is 0.432 e. The molecule has 1 aliphatic heterocycles. The molecule has 3 rings (SSSR count). The Morgan fingerprint density at radius 3 is 2.92 bits per heavy atom. The molecule has 0 saturated carbocycles. The molecule has 0 bridgehead atoms. The Bertz CT molecular complexity index is 722. The molecule has 3 heterocycles. The van der Waals surface area contributed by atoms with Crippen molar-refractivity contribution in [2.75, 3.05) is 13.1 Å². The molecule has 0 unspecified atom stereocenters. The summed E-state index contributed by atoms with van der Waals surface area (Å²) in [6.07, 6.45) is -2.11. The first-order valence-electron chi connectivity index (χ1n) is 7.65. The van der Waals surface area contributed by atoms with Crippen LogP contribution in [0.2, 0.25) is 0 Å². The zero-order valence-corrected chi connectivity index (χ0v) is 13.1. The van der Waals surface area contributed by atoms with Crippen LogP contribution >= 0.6 is 0 Å². The Balaban J connectivity index is 1.65. The molecule has 2 aromatic heterocycles. The van der Waals surface area contributed by atoms with Crippen molar-refractivity contribution in [2.45, 2.75) is 38.3 Å². The van der Waals surface area contributed by atoms with Gasteiger partial charge in [0.2, 0.25) is 5.91 Å². The number of aryl methyl sites for hydroxylation is 1. The number of nitrogens with one attached hydrogen (secondary N) is 1. The second-order valence-corrected chi connectivity index (χ2v) is 5.96. The Morgan fingerprint density at radius 1 is 1.50 bits per heavy atom. The summed E-state index contributed by atoms with van der Waals surface area (Å²) < 4.78 is 42.9. The van der Waals surface area contributed by atoms with E-state index < -0.39 is 11.9 Å². The van der Waals surface area contributed by atoms with Crippen molar-refractivity contribution >= 4 is 5.91 Å². The van der Waals surface area contributed by atoms with Gasteiger partial charge < -0.3 is 14.4 Å². The zero-order chi connectivity index (χ0) is 17.3. The van der Waals surface area contributed by atoms with E-state index in [4.69, 9.17) is 4.52 Å². The van der Waals surface area contributed by atoms with E-state index in [1.807, 2.05) is 0 Å². The third-order valence-corrected chi connectivity index (χ3v) is 4.07. The second-order valence-electron chi connectivity index (χ2n) is 5.96. The SMILES string of the molecule is Cc1cc(CC(=O)N2CCC[C@H](c3ncc(C(F)(F)F)[nH]3)C2)no1.